The first-order valence-electron chi connectivity index (χ1n) is 6.30. The lowest BCUT2D eigenvalue weighted by Gasteiger charge is -2.26. The molecule has 2 fully saturated rings. The van der Waals surface area contributed by atoms with Crippen LogP contribution in [0.3, 0.4) is 0 Å². The number of rotatable bonds is 2. The molecule has 0 radical (unpaired) electrons. The molecule has 2 saturated heterocycles. The third kappa shape index (κ3) is 2.11. The van der Waals surface area contributed by atoms with Gasteiger partial charge in [-0.05, 0) is 48.1 Å². The SMILES string of the molecule is O=C(C1CCCO1)N1CCCC1c1ccsc1. The highest BCUT2D eigenvalue weighted by molar-refractivity contribution is 7.07. The van der Waals surface area contributed by atoms with Gasteiger partial charge in [-0.15, -0.1) is 0 Å². The first-order valence-corrected chi connectivity index (χ1v) is 7.25. The predicted molar refractivity (Wildman–Crippen MR) is 67.0 cm³/mol. The van der Waals surface area contributed by atoms with Crippen LogP contribution < -0.4 is 0 Å². The summed E-state index contributed by atoms with van der Waals surface area (Å²) in [6.07, 6.45) is 3.95. The van der Waals surface area contributed by atoms with Crippen molar-refractivity contribution >= 4 is 17.2 Å². The lowest BCUT2D eigenvalue weighted by Crippen LogP contribution is -2.38. The summed E-state index contributed by atoms with van der Waals surface area (Å²) in [6.45, 7) is 1.63. The van der Waals surface area contributed by atoms with Gasteiger partial charge in [-0.1, -0.05) is 0 Å². The maximum atomic E-state index is 12.4. The number of carbonyl (C=O) groups is 1. The summed E-state index contributed by atoms with van der Waals surface area (Å²) in [5.74, 6) is 0.205. The monoisotopic (exact) mass is 251 g/mol. The van der Waals surface area contributed by atoms with E-state index in [1.165, 1.54) is 5.56 Å². The van der Waals surface area contributed by atoms with E-state index < -0.39 is 0 Å². The Morgan fingerprint density at radius 3 is 3.06 bits per heavy atom. The number of likely N-dealkylation sites (tertiary alicyclic amines) is 1. The van der Waals surface area contributed by atoms with Crippen molar-refractivity contribution in [1.29, 1.82) is 0 Å². The second-order valence-corrected chi connectivity index (χ2v) is 5.53. The molecule has 3 nitrogen and oxygen atoms in total. The Balaban J connectivity index is 1.75. The third-order valence-corrected chi connectivity index (χ3v) is 4.37. The van der Waals surface area contributed by atoms with Crippen LogP contribution in [0.5, 0.6) is 0 Å². The van der Waals surface area contributed by atoms with Crippen molar-refractivity contribution in [2.24, 2.45) is 0 Å². The van der Waals surface area contributed by atoms with Crippen LogP contribution in [0.15, 0.2) is 16.8 Å². The molecule has 0 saturated carbocycles. The van der Waals surface area contributed by atoms with E-state index in [2.05, 4.69) is 16.8 Å². The topological polar surface area (TPSA) is 29.5 Å². The van der Waals surface area contributed by atoms with Gasteiger partial charge in [-0.2, -0.15) is 11.3 Å². The number of hydrogen-bond acceptors (Lipinski definition) is 3. The predicted octanol–water partition coefficient (Wildman–Crippen LogP) is 2.59. The van der Waals surface area contributed by atoms with Gasteiger partial charge in [-0.25, -0.2) is 0 Å². The normalized spacial score (nSPS) is 28.8. The Labute approximate surface area is 105 Å². The molecule has 1 amide bonds. The zero-order valence-corrected chi connectivity index (χ0v) is 10.6. The average molecular weight is 251 g/mol. The molecule has 92 valence electrons. The molecule has 1 aromatic heterocycles. The van der Waals surface area contributed by atoms with E-state index in [1.807, 2.05) is 4.90 Å². The summed E-state index contributed by atoms with van der Waals surface area (Å²) < 4.78 is 5.50. The molecule has 0 aromatic carbocycles. The molecule has 3 heterocycles. The van der Waals surface area contributed by atoms with Crippen molar-refractivity contribution in [1.82, 2.24) is 4.90 Å². The van der Waals surface area contributed by atoms with E-state index in [1.54, 1.807) is 11.3 Å². The summed E-state index contributed by atoms with van der Waals surface area (Å²) in [7, 11) is 0. The highest BCUT2D eigenvalue weighted by Crippen LogP contribution is 2.34. The van der Waals surface area contributed by atoms with Gasteiger partial charge >= 0.3 is 0 Å². The molecule has 3 rings (SSSR count). The fraction of sp³-hybridized carbons (Fsp3) is 0.615. The number of hydrogen-bond donors (Lipinski definition) is 0. The Morgan fingerprint density at radius 2 is 2.35 bits per heavy atom. The van der Waals surface area contributed by atoms with Gasteiger partial charge in [-0.3, -0.25) is 4.79 Å². The van der Waals surface area contributed by atoms with E-state index in [4.69, 9.17) is 4.74 Å². The quantitative estimate of drug-likeness (QED) is 0.808. The lowest BCUT2D eigenvalue weighted by atomic mass is 10.1. The molecule has 0 bridgehead atoms. The van der Waals surface area contributed by atoms with Crippen molar-refractivity contribution in [3.63, 3.8) is 0 Å². The highest BCUT2D eigenvalue weighted by atomic mass is 32.1. The molecule has 2 atom stereocenters. The Morgan fingerprint density at radius 1 is 1.41 bits per heavy atom. The average Bonchev–Trinajstić information content (AvgIpc) is 3.09. The van der Waals surface area contributed by atoms with Crippen LogP contribution in [0.4, 0.5) is 0 Å². The maximum Gasteiger partial charge on any atom is 0.252 e. The van der Waals surface area contributed by atoms with Gasteiger partial charge < -0.3 is 9.64 Å². The van der Waals surface area contributed by atoms with Gasteiger partial charge in [0.15, 0.2) is 0 Å². The minimum Gasteiger partial charge on any atom is -0.368 e. The largest absolute Gasteiger partial charge is 0.368 e. The summed E-state index contributed by atoms with van der Waals surface area (Å²) in [5, 5.41) is 4.24. The van der Waals surface area contributed by atoms with Crippen LogP contribution in [0.2, 0.25) is 0 Å². The lowest BCUT2D eigenvalue weighted by molar-refractivity contribution is -0.141. The Kier molecular flexibility index (Phi) is 3.16. The summed E-state index contributed by atoms with van der Waals surface area (Å²) in [6, 6.07) is 2.43. The van der Waals surface area contributed by atoms with Crippen molar-refractivity contribution in [3.05, 3.63) is 22.4 Å². The molecule has 2 aliphatic heterocycles. The number of carbonyl (C=O) groups excluding carboxylic acids is 1. The van der Waals surface area contributed by atoms with Gasteiger partial charge in [0.05, 0.1) is 6.04 Å². The van der Waals surface area contributed by atoms with Gasteiger partial charge in [0.25, 0.3) is 5.91 Å². The van der Waals surface area contributed by atoms with Crippen molar-refractivity contribution in [2.75, 3.05) is 13.2 Å². The second kappa shape index (κ2) is 4.78. The van der Waals surface area contributed by atoms with Crippen molar-refractivity contribution in [3.8, 4) is 0 Å². The molecule has 17 heavy (non-hydrogen) atoms. The molecule has 1 aromatic rings. The van der Waals surface area contributed by atoms with E-state index in [-0.39, 0.29) is 18.1 Å². The van der Waals surface area contributed by atoms with Crippen molar-refractivity contribution < 1.29 is 9.53 Å². The molecule has 0 spiro atoms. The highest BCUT2D eigenvalue weighted by Gasteiger charge is 2.35. The third-order valence-electron chi connectivity index (χ3n) is 3.67. The Hall–Kier alpha value is -0.870. The zero-order valence-electron chi connectivity index (χ0n) is 9.80. The van der Waals surface area contributed by atoms with Gasteiger partial charge in [0, 0.05) is 13.2 Å². The van der Waals surface area contributed by atoms with Crippen LogP contribution in [0, 0.1) is 0 Å². The fourth-order valence-electron chi connectivity index (χ4n) is 2.80. The summed E-state index contributed by atoms with van der Waals surface area (Å²) in [5.41, 5.74) is 1.29. The number of amides is 1. The molecule has 4 heteroatoms. The fourth-order valence-corrected chi connectivity index (χ4v) is 3.51. The zero-order chi connectivity index (χ0) is 11.7. The molecule has 2 aliphatic rings. The molecular weight excluding hydrogens is 234 g/mol. The van der Waals surface area contributed by atoms with E-state index >= 15 is 0 Å². The van der Waals surface area contributed by atoms with Gasteiger partial charge in [0.1, 0.15) is 6.10 Å². The van der Waals surface area contributed by atoms with Crippen molar-refractivity contribution in [2.45, 2.75) is 37.8 Å². The molecule has 0 N–H and O–H groups in total. The first kappa shape index (κ1) is 11.2. The molecular formula is C13H17NO2S. The number of ether oxygens (including phenoxy) is 1. The van der Waals surface area contributed by atoms with Gasteiger partial charge in [0.2, 0.25) is 0 Å². The van der Waals surface area contributed by atoms with E-state index in [9.17, 15) is 4.79 Å². The second-order valence-electron chi connectivity index (χ2n) is 4.75. The van der Waals surface area contributed by atoms with Crippen LogP contribution in [-0.4, -0.2) is 30.1 Å². The first-order chi connectivity index (χ1) is 8.36. The summed E-state index contributed by atoms with van der Waals surface area (Å²) in [4.78, 5) is 14.4. The van der Waals surface area contributed by atoms with Crippen LogP contribution in [-0.2, 0) is 9.53 Å². The number of thiophene rings is 1. The molecule has 0 aliphatic carbocycles. The standard InChI is InChI=1S/C13H17NO2S/c15-13(12-4-2-7-16-12)14-6-1-3-11(14)10-5-8-17-9-10/h5,8-9,11-12H,1-4,6-7H2. The minimum atomic E-state index is -0.172. The minimum absolute atomic E-state index is 0.172. The maximum absolute atomic E-state index is 12.4. The van der Waals surface area contributed by atoms with Crippen LogP contribution in [0.25, 0.3) is 0 Å². The van der Waals surface area contributed by atoms with E-state index in [0.717, 1.165) is 38.8 Å². The smallest absolute Gasteiger partial charge is 0.252 e. The van der Waals surface area contributed by atoms with E-state index in [0.29, 0.717) is 0 Å². The Bertz CT molecular complexity index is 384. The summed E-state index contributed by atoms with van der Waals surface area (Å²) >= 11 is 1.70. The van der Waals surface area contributed by atoms with Crippen LogP contribution >= 0.6 is 11.3 Å². The number of nitrogens with zero attached hydrogens (tertiary/aromatic N) is 1. The van der Waals surface area contributed by atoms with Crippen LogP contribution in [0.1, 0.15) is 37.3 Å². The molecule has 2 unspecified atom stereocenters.